The SMILES string of the molecule is C/C=C/C.CC1OC1C. The molecule has 1 aliphatic heterocycles. The molecule has 54 valence electrons. The molecule has 9 heavy (non-hydrogen) atoms. The molecule has 0 N–H and O–H groups in total. The Balaban J connectivity index is 0.000000148. The summed E-state index contributed by atoms with van der Waals surface area (Å²) in [4.78, 5) is 0. The van der Waals surface area contributed by atoms with Crippen LogP contribution in [0.5, 0.6) is 0 Å². The fourth-order valence-corrected chi connectivity index (χ4v) is 0.293. The van der Waals surface area contributed by atoms with E-state index < -0.39 is 0 Å². The van der Waals surface area contributed by atoms with E-state index in [0.717, 1.165) is 0 Å². The summed E-state index contributed by atoms with van der Waals surface area (Å²) < 4.78 is 4.92. The molecule has 2 unspecified atom stereocenters. The maximum Gasteiger partial charge on any atom is 0.0811 e. The van der Waals surface area contributed by atoms with E-state index in [1.165, 1.54) is 0 Å². The van der Waals surface area contributed by atoms with Crippen LogP contribution in [0.2, 0.25) is 0 Å². The van der Waals surface area contributed by atoms with E-state index in [4.69, 9.17) is 4.74 Å². The van der Waals surface area contributed by atoms with Crippen LogP contribution in [0.4, 0.5) is 0 Å². The van der Waals surface area contributed by atoms with Gasteiger partial charge >= 0.3 is 0 Å². The van der Waals surface area contributed by atoms with Crippen LogP contribution < -0.4 is 0 Å². The first-order valence-corrected chi connectivity index (χ1v) is 3.45. The summed E-state index contributed by atoms with van der Waals surface area (Å²) in [6.07, 6.45) is 5.10. The van der Waals surface area contributed by atoms with E-state index in [2.05, 4.69) is 13.8 Å². The highest BCUT2D eigenvalue weighted by Crippen LogP contribution is 2.18. The molecular formula is C8H16O. The molecule has 0 aromatic carbocycles. The van der Waals surface area contributed by atoms with Crippen LogP contribution in [0, 0.1) is 0 Å². The van der Waals surface area contributed by atoms with Crippen molar-refractivity contribution >= 4 is 0 Å². The normalized spacial score (nSPS) is 31.6. The van der Waals surface area contributed by atoms with Gasteiger partial charge in [0.2, 0.25) is 0 Å². The van der Waals surface area contributed by atoms with Crippen LogP contribution in [0.15, 0.2) is 12.2 Å². The van der Waals surface area contributed by atoms with Gasteiger partial charge < -0.3 is 4.74 Å². The molecule has 1 saturated heterocycles. The Morgan fingerprint density at radius 3 is 1.22 bits per heavy atom. The van der Waals surface area contributed by atoms with Crippen LogP contribution in [-0.4, -0.2) is 12.2 Å². The molecule has 0 bridgehead atoms. The second-order valence-corrected chi connectivity index (χ2v) is 2.21. The summed E-state index contributed by atoms with van der Waals surface area (Å²) in [5.41, 5.74) is 0. The Kier molecular flexibility index (Phi) is 4.41. The van der Waals surface area contributed by atoms with Crippen LogP contribution in [0.1, 0.15) is 27.7 Å². The lowest BCUT2D eigenvalue weighted by Gasteiger charge is -1.57. The fourth-order valence-electron chi connectivity index (χ4n) is 0.293. The van der Waals surface area contributed by atoms with Gasteiger partial charge in [-0.3, -0.25) is 0 Å². The first kappa shape index (κ1) is 8.70. The van der Waals surface area contributed by atoms with Gasteiger partial charge in [0.1, 0.15) is 0 Å². The Hall–Kier alpha value is -0.300. The first-order valence-electron chi connectivity index (χ1n) is 3.45. The quantitative estimate of drug-likeness (QED) is 0.360. The lowest BCUT2D eigenvalue weighted by Crippen LogP contribution is -1.74. The molecule has 0 aliphatic carbocycles. The fraction of sp³-hybridized carbons (Fsp3) is 0.750. The zero-order valence-electron chi connectivity index (χ0n) is 6.72. The Labute approximate surface area is 57.7 Å². The minimum atomic E-state index is 0.551. The second-order valence-electron chi connectivity index (χ2n) is 2.21. The Bertz CT molecular complexity index is 76.6. The molecule has 1 nitrogen and oxygen atoms in total. The maximum atomic E-state index is 4.92. The molecule has 0 amide bonds. The van der Waals surface area contributed by atoms with Crippen molar-refractivity contribution < 1.29 is 4.74 Å². The van der Waals surface area contributed by atoms with E-state index >= 15 is 0 Å². The topological polar surface area (TPSA) is 12.5 Å². The van der Waals surface area contributed by atoms with Crippen molar-refractivity contribution in [3.8, 4) is 0 Å². The van der Waals surface area contributed by atoms with Gasteiger partial charge in [0.15, 0.2) is 0 Å². The van der Waals surface area contributed by atoms with Crippen LogP contribution in [0.3, 0.4) is 0 Å². The third kappa shape index (κ3) is 5.57. The van der Waals surface area contributed by atoms with Gasteiger partial charge in [-0.05, 0) is 27.7 Å². The van der Waals surface area contributed by atoms with E-state index in [1.807, 2.05) is 26.0 Å². The monoisotopic (exact) mass is 128 g/mol. The van der Waals surface area contributed by atoms with E-state index in [9.17, 15) is 0 Å². The van der Waals surface area contributed by atoms with Gasteiger partial charge in [0.25, 0.3) is 0 Å². The van der Waals surface area contributed by atoms with Gasteiger partial charge in [-0.25, -0.2) is 0 Å². The van der Waals surface area contributed by atoms with Crippen molar-refractivity contribution in [3.05, 3.63) is 12.2 Å². The van der Waals surface area contributed by atoms with Gasteiger partial charge in [-0.15, -0.1) is 0 Å². The lowest BCUT2D eigenvalue weighted by molar-refractivity contribution is 0.389. The van der Waals surface area contributed by atoms with E-state index in [0.29, 0.717) is 12.2 Å². The predicted octanol–water partition coefficient (Wildman–Crippen LogP) is 2.38. The van der Waals surface area contributed by atoms with E-state index in [-0.39, 0.29) is 0 Å². The molecule has 1 heteroatoms. The van der Waals surface area contributed by atoms with E-state index in [1.54, 1.807) is 0 Å². The first-order chi connectivity index (χ1) is 4.22. The highest BCUT2D eigenvalue weighted by atomic mass is 16.6. The smallest absolute Gasteiger partial charge is 0.0811 e. The van der Waals surface area contributed by atoms with Gasteiger partial charge in [0, 0.05) is 0 Å². The number of hydrogen-bond donors (Lipinski definition) is 0. The molecule has 1 heterocycles. The van der Waals surface area contributed by atoms with Crippen LogP contribution >= 0.6 is 0 Å². The lowest BCUT2D eigenvalue weighted by atomic mass is 10.4. The standard InChI is InChI=1S/C4H8O.C4H8/c1-3-4(2)5-3;1-3-4-2/h3-4H,1-2H3;3-4H,1-2H3/b;4-3+. The van der Waals surface area contributed by atoms with Crippen molar-refractivity contribution in [1.82, 2.24) is 0 Å². The zero-order chi connectivity index (χ0) is 7.28. The van der Waals surface area contributed by atoms with Gasteiger partial charge in [-0.2, -0.15) is 0 Å². The Morgan fingerprint density at radius 1 is 1.00 bits per heavy atom. The third-order valence-corrected chi connectivity index (χ3v) is 1.35. The van der Waals surface area contributed by atoms with Crippen molar-refractivity contribution in [1.29, 1.82) is 0 Å². The largest absolute Gasteiger partial charge is 0.370 e. The third-order valence-electron chi connectivity index (χ3n) is 1.35. The van der Waals surface area contributed by atoms with Crippen molar-refractivity contribution in [2.75, 3.05) is 0 Å². The average molecular weight is 128 g/mol. The van der Waals surface area contributed by atoms with Crippen molar-refractivity contribution in [2.45, 2.75) is 39.9 Å². The number of epoxide rings is 1. The summed E-state index contributed by atoms with van der Waals surface area (Å²) in [6, 6.07) is 0. The predicted molar refractivity (Wildman–Crippen MR) is 40.5 cm³/mol. The number of ether oxygens (including phenoxy) is 1. The Morgan fingerprint density at radius 2 is 1.22 bits per heavy atom. The highest BCUT2D eigenvalue weighted by Gasteiger charge is 2.27. The summed E-state index contributed by atoms with van der Waals surface area (Å²) in [6.45, 7) is 8.15. The molecule has 0 aromatic rings. The van der Waals surface area contributed by atoms with Crippen LogP contribution in [0.25, 0.3) is 0 Å². The second kappa shape index (κ2) is 4.57. The van der Waals surface area contributed by atoms with Crippen LogP contribution in [-0.2, 0) is 4.74 Å². The van der Waals surface area contributed by atoms with Crippen molar-refractivity contribution in [2.24, 2.45) is 0 Å². The zero-order valence-corrected chi connectivity index (χ0v) is 6.72. The molecule has 1 fully saturated rings. The minimum absolute atomic E-state index is 0.551. The number of rotatable bonds is 0. The summed E-state index contributed by atoms with van der Waals surface area (Å²) >= 11 is 0. The number of hydrogen-bond acceptors (Lipinski definition) is 1. The minimum Gasteiger partial charge on any atom is -0.370 e. The maximum absolute atomic E-state index is 4.92. The molecule has 0 aromatic heterocycles. The summed E-state index contributed by atoms with van der Waals surface area (Å²) in [7, 11) is 0. The molecule has 0 radical (unpaired) electrons. The highest BCUT2D eigenvalue weighted by molar-refractivity contribution is 4.73. The molecule has 1 aliphatic rings. The van der Waals surface area contributed by atoms with Gasteiger partial charge in [-0.1, -0.05) is 12.2 Å². The number of allylic oxidation sites excluding steroid dienone is 2. The molecule has 2 atom stereocenters. The average Bonchev–Trinajstić information content (AvgIpc) is 2.47. The molecule has 1 rings (SSSR count). The molecule has 0 saturated carbocycles. The van der Waals surface area contributed by atoms with Crippen molar-refractivity contribution in [3.63, 3.8) is 0 Å². The summed E-state index contributed by atoms with van der Waals surface area (Å²) in [5.74, 6) is 0. The molecule has 0 spiro atoms. The van der Waals surface area contributed by atoms with Gasteiger partial charge in [0.05, 0.1) is 12.2 Å². The summed E-state index contributed by atoms with van der Waals surface area (Å²) in [5, 5.41) is 0. The molecular weight excluding hydrogens is 112 g/mol.